The fourth-order valence-corrected chi connectivity index (χ4v) is 3.55. The summed E-state index contributed by atoms with van der Waals surface area (Å²) in [6, 6.07) is 7.44. The van der Waals surface area contributed by atoms with E-state index in [1.54, 1.807) is 4.90 Å². The maximum absolute atomic E-state index is 12.6. The molecule has 1 aliphatic heterocycles. The van der Waals surface area contributed by atoms with Crippen LogP contribution in [0.4, 0.5) is 5.69 Å². The van der Waals surface area contributed by atoms with Gasteiger partial charge in [0, 0.05) is 18.2 Å². The van der Waals surface area contributed by atoms with Crippen molar-refractivity contribution in [2.24, 2.45) is 0 Å². The molecular formula is C22H31NO3. The zero-order chi connectivity index (χ0) is 18.8. The number of aliphatic carboxylic acids is 1. The van der Waals surface area contributed by atoms with E-state index in [-0.39, 0.29) is 5.91 Å². The summed E-state index contributed by atoms with van der Waals surface area (Å²) in [4.78, 5) is 25.3. The number of carbonyl (C=O) groups excluding carboxylic acids is 1. The molecule has 1 heterocycles. The lowest BCUT2D eigenvalue weighted by Crippen LogP contribution is -2.27. The van der Waals surface area contributed by atoms with Crippen LogP contribution in [0.1, 0.15) is 76.7 Å². The van der Waals surface area contributed by atoms with E-state index in [0.29, 0.717) is 12.1 Å². The largest absolute Gasteiger partial charge is 0.478 e. The number of carboxylic acids is 1. The van der Waals surface area contributed by atoms with Crippen LogP contribution in [0, 0.1) is 0 Å². The predicted octanol–water partition coefficient (Wildman–Crippen LogP) is 5.42. The minimum Gasteiger partial charge on any atom is -0.478 e. The van der Waals surface area contributed by atoms with Crippen LogP contribution in [0.15, 0.2) is 30.3 Å². The average molecular weight is 357 g/mol. The fourth-order valence-electron chi connectivity index (χ4n) is 3.55. The van der Waals surface area contributed by atoms with Crippen molar-refractivity contribution in [2.45, 2.75) is 71.1 Å². The van der Waals surface area contributed by atoms with Crippen LogP contribution in [0.5, 0.6) is 0 Å². The second-order valence-electron chi connectivity index (χ2n) is 7.05. The Morgan fingerprint density at radius 3 is 2.15 bits per heavy atom. The van der Waals surface area contributed by atoms with Gasteiger partial charge in [0.05, 0.1) is 11.3 Å². The second-order valence-corrected chi connectivity index (χ2v) is 7.05. The molecule has 1 N–H and O–H groups in total. The van der Waals surface area contributed by atoms with E-state index in [1.165, 1.54) is 51.4 Å². The van der Waals surface area contributed by atoms with E-state index < -0.39 is 5.97 Å². The van der Waals surface area contributed by atoms with Crippen LogP contribution >= 0.6 is 0 Å². The zero-order valence-electron chi connectivity index (χ0n) is 15.9. The summed E-state index contributed by atoms with van der Waals surface area (Å²) in [5.74, 6) is -1.27. The monoisotopic (exact) mass is 357 g/mol. The Morgan fingerprint density at radius 1 is 0.962 bits per heavy atom. The van der Waals surface area contributed by atoms with Gasteiger partial charge in [-0.2, -0.15) is 0 Å². The number of nitrogens with zero attached hydrogens (tertiary/aromatic N) is 1. The number of benzene rings is 1. The van der Waals surface area contributed by atoms with E-state index in [0.717, 1.165) is 30.2 Å². The van der Waals surface area contributed by atoms with E-state index in [4.69, 9.17) is 5.11 Å². The lowest BCUT2D eigenvalue weighted by molar-refractivity contribution is -0.131. The standard InChI is InChI=1S/C22H31NO3/c1-2-3-4-5-6-7-8-9-10-13-16-23-20-15-12-11-14-18(20)19(22(23)26)17-21(24)25/h11-12,14-15,17H,2-10,13,16H2,1H3,(H,24,25)/b19-17+. The van der Waals surface area contributed by atoms with Crippen LogP contribution in [-0.4, -0.2) is 23.5 Å². The van der Waals surface area contributed by atoms with Crippen molar-refractivity contribution in [3.05, 3.63) is 35.9 Å². The smallest absolute Gasteiger partial charge is 0.329 e. The van der Waals surface area contributed by atoms with Gasteiger partial charge in [-0.05, 0) is 12.5 Å². The predicted molar refractivity (Wildman–Crippen MR) is 106 cm³/mol. The summed E-state index contributed by atoms with van der Waals surface area (Å²) in [7, 11) is 0. The van der Waals surface area contributed by atoms with Crippen molar-refractivity contribution in [3.63, 3.8) is 0 Å². The van der Waals surface area contributed by atoms with Gasteiger partial charge in [-0.1, -0.05) is 82.9 Å². The van der Waals surface area contributed by atoms with Crippen LogP contribution in [0.25, 0.3) is 5.57 Å². The first-order chi connectivity index (χ1) is 12.6. The van der Waals surface area contributed by atoms with Crippen molar-refractivity contribution in [1.82, 2.24) is 0 Å². The molecule has 0 aromatic heterocycles. The Hall–Kier alpha value is -2.10. The Morgan fingerprint density at radius 2 is 1.54 bits per heavy atom. The summed E-state index contributed by atoms with van der Waals surface area (Å²) < 4.78 is 0. The van der Waals surface area contributed by atoms with Crippen LogP contribution in [0.2, 0.25) is 0 Å². The highest BCUT2D eigenvalue weighted by atomic mass is 16.4. The third-order valence-electron chi connectivity index (χ3n) is 4.96. The molecule has 0 unspecified atom stereocenters. The molecule has 2 rings (SSSR count). The molecule has 4 nitrogen and oxygen atoms in total. The highest BCUT2D eigenvalue weighted by Gasteiger charge is 2.31. The van der Waals surface area contributed by atoms with Crippen molar-refractivity contribution < 1.29 is 14.7 Å². The number of para-hydroxylation sites is 1. The maximum Gasteiger partial charge on any atom is 0.329 e. The first kappa shape index (κ1) is 20.2. The van der Waals surface area contributed by atoms with Gasteiger partial charge in [-0.15, -0.1) is 0 Å². The van der Waals surface area contributed by atoms with Gasteiger partial charge in [0.15, 0.2) is 0 Å². The summed E-state index contributed by atoms with van der Waals surface area (Å²) >= 11 is 0. The van der Waals surface area contributed by atoms with Crippen molar-refractivity contribution in [1.29, 1.82) is 0 Å². The van der Waals surface area contributed by atoms with Crippen LogP contribution in [0.3, 0.4) is 0 Å². The molecule has 0 aliphatic carbocycles. The van der Waals surface area contributed by atoms with Crippen LogP contribution in [-0.2, 0) is 9.59 Å². The molecule has 1 aliphatic rings. The van der Waals surface area contributed by atoms with E-state index in [1.807, 2.05) is 24.3 Å². The Labute approximate surface area is 156 Å². The average Bonchev–Trinajstić information content (AvgIpc) is 2.88. The van der Waals surface area contributed by atoms with Gasteiger partial charge in [-0.3, -0.25) is 4.79 Å². The molecule has 1 amide bonds. The number of anilines is 1. The molecular weight excluding hydrogens is 326 g/mol. The number of amides is 1. The molecule has 0 fully saturated rings. The Balaban J connectivity index is 1.74. The minimum absolute atomic E-state index is 0.190. The summed E-state index contributed by atoms with van der Waals surface area (Å²) in [5, 5.41) is 9.02. The first-order valence-electron chi connectivity index (χ1n) is 10.0. The number of fused-ring (bicyclic) bond motifs is 1. The minimum atomic E-state index is -1.08. The number of carbonyl (C=O) groups is 2. The number of hydrogen-bond acceptors (Lipinski definition) is 2. The maximum atomic E-state index is 12.6. The van der Waals surface area contributed by atoms with Gasteiger partial charge >= 0.3 is 5.97 Å². The van der Waals surface area contributed by atoms with Gasteiger partial charge < -0.3 is 10.0 Å². The van der Waals surface area contributed by atoms with E-state index >= 15 is 0 Å². The summed E-state index contributed by atoms with van der Waals surface area (Å²) in [6.45, 7) is 2.90. The summed E-state index contributed by atoms with van der Waals surface area (Å²) in [5.41, 5.74) is 1.85. The Bertz CT molecular complexity index is 636. The lowest BCUT2D eigenvalue weighted by atomic mass is 10.1. The number of unbranched alkanes of at least 4 members (excludes halogenated alkanes) is 9. The van der Waals surface area contributed by atoms with Crippen LogP contribution < -0.4 is 4.90 Å². The number of carboxylic acid groups (broad SMARTS) is 1. The summed E-state index contributed by atoms with van der Waals surface area (Å²) in [6.07, 6.45) is 13.6. The number of hydrogen-bond donors (Lipinski definition) is 1. The molecule has 0 radical (unpaired) electrons. The quantitative estimate of drug-likeness (QED) is 0.401. The molecule has 0 bridgehead atoms. The third kappa shape index (κ3) is 5.72. The van der Waals surface area contributed by atoms with E-state index in [2.05, 4.69) is 6.92 Å². The van der Waals surface area contributed by atoms with Crippen molar-refractivity contribution in [2.75, 3.05) is 11.4 Å². The Kier molecular flexibility index (Phi) is 8.39. The highest BCUT2D eigenvalue weighted by molar-refractivity contribution is 6.34. The number of rotatable bonds is 12. The van der Waals surface area contributed by atoms with Crippen molar-refractivity contribution >= 4 is 23.1 Å². The van der Waals surface area contributed by atoms with Gasteiger partial charge in [0.1, 0.15) is 0 Å². The molecule has 142 valence electrons. The lowest BCUT2D eigenvalue weighted by Gasteiger charge is -2.16. The topological polar surface area (TPSA) is 57.6 Å². The SMILES string of the molecule is CCCCCCCCCCCCN1C(=O)/C(=C/C(=O)O)c2ccccc21. The van der Waals surface area contributed by atoms with E-state index in [9.17, 15) is 9.59 Å². The molecule has 0 saturated carbocycles. The third-order valence-corrected chi connectivity index (χ3v) is 4.96. The molecule has 26 heavy (non-hydrogen) atoms. The fraction of sp³-hybridized carbons (Fsp3) is 0.545. The molecule has 0 saturated heterocycles. The van der Waals surface area contributed by atoms with Gasteiger partial charge in [0.25, 0.3) is 5.91 Å². The second kappa shape index (κ2) is 10.8. The molecule has 0 atom stereocenters. The first-order valence-corrected chi connectivity index (χ1v) is 10.0. The molecule has 1 aromatic carbocycles. The normalized spacial score (nSPS) is 14.9. The molecule has 4 heteroatoms. The van der Waals surface area contributed by atoms with Gasteiger partial charge in [-0.25, -0.2) is 4.79 Å². The zero-order valence-corrected chi connectivity index (χ0v) is 15.9. The van der Waals surface area contributed by atoms with Crippen molar-refractivity contribution in [3.8, 4) is 0 Å². The molecule has 0 spiro atoms. The molecule has 1 aromatic rings. The van der Waals surface area contributed by atoms with Gasteiger partial charge in [0.2, 0.25) is 0 Å². The highest BCUT2D eigenvalue weighted by Crippen LogP contribution is 2.36.